The van der Waals surface area contributed by atoms with Crippen LogP contribution in [0.5, 0.6) is 5.75 Å². The van der Waals surface area contributed by atoms with Crippen LogP contribution < -0.4 is 16.2 Å². The first-order valence-electron chi connectivity index (χ1n) is 4.33. The molecule has 1 amide bonds. The molecule has 4 heteroatoms. The van der Waals surface area contributed by atoms with Gasteiger partial charge in [-0.15, -0.1) is 0 Å². The number of hydrogen-bond donors (Lipinski definition) is 2. The Morgan fingerprint density at radius 1 is 1.43 bits per heavy atom. The molecule has 0 radical (unpaired) electrons. The molecule has 0 aliphatic carbocycles. The molecule has 0 heterocycles. The summed E-state index contributed by atoms with van der Waals surface area (Å²) >= 11 is 0. The van der Waals surface area contributed by atoms with Gasteiger partial charge in [0.2, 0.25) is 5.91 Å². The van der Waals surface area contributed by atoms with E-state index in [0.29, 0.717) is 24.3 Å². The van der Waals surface area contributed by atoms with Crippen LogP contribution in [0.2, 0.25) is 0 Å². The first-order valence-corrected chi connectivity index (χ1v) is 4.33. The maximum atomic E-state index is 10.6. The van der Waals surface area contributed by atoms with Crippen molar-refractivity contribution >= 4 is 11.6 Å². The lowest BCUT2D eigenvalue weighted by Gasteiger charge is -2.05. The van der Waals surface area contributed by atoms with Gasteiger partial charge in [-0.3, -0.25) is 4.79 Å². The predicted molar refractivity (Wildman–Crippen MR) is 54.9 cm³/mol. The van der Waals surface area contributed by atoms with Crippen molar-refractivity contribution in [2.45, 2.75) is 12.8 Å². The number of ether oxygens (including phenoxy) is 1. The number of primary amides is 1. The van der Waals surface area contributed by atoms with Crippen molar-refractivity contribution in [1.82, 2.24) is 0 Å². The third-order valence-corrected chi connectivity index (χ3v) is 1.88. The molecule has 76 valence electrons. The fourth-order valence-corrected chi connectivity index (χ4v) is 1.22. The number of aryl methyl sites for hydroxylation is 1. The first kappa shape index (κ1) is 10.4. The molecule has 0 aromatic heterocycles. The number of rotatable bonds is 4. The summed E-state index contributed by atoms with van der Waals surface area (Å²) in [5.74, 6) is 0.385. The molecule has 1 aromatic rings. The van der Waals surface area contributed by atoms with Gasteiger partial charge in [0.15, 0.2) is 0 Å². The lowest BCUT2D eigenvalue weighted by Crippen LogP contribution is -2.11. The van der Waals surface area contributed by atoms with Gasteiger partial charge in [0, 0.05) is 18.2 Å². The number of carbonyl (C=O) groups excluding carboxylic acids is 1. The number of benzene rings is 1. The average Bonchev–Trinajstić information content (AvgIpc) is 2.14. The standard InChI is InChI=1S/C10H14N2O2/c1-14-9-5-7(2-3-10(12)13)4-8(11)6-9/h4-6H,2-3,11H2,1H3,(H2,12,13). The number of anilines is 1. The van der Waals surface area contributed by atoms with Gasteiger partial charge >= 0.3 is 0 Å². The van der Waals surface area contributed by atoms with Crippen LogP contribution >= 0.6 is 0 Å². The average molecular weight is 194 g/mol. The van der Waals surface area contributed by atoms with E-state index in [1.165, 1.54) is 0 Å². The van der Waals surface area contributed by atoms with Crippen molar-refractivity contribution in [2.75, 3.05) is 12.8 Å². The molecule has 0 saturated heterocycles. The highest BCUT2D eigenvalue weighted by atomic mass is 16.5. The van der Waals surface area contributed by atoms with Crippen molar-refractivity contribution < 1.29 is 9.53 Å². The lowest BCUT2D eigenvalue weighted by molar-refractivity contribution is -0.117. The van der Waals surface area contributed by atoms with Gasteiger partial charge in [0.25, 0.3) is 0 Å². The summed E-state index contributed by atoms with van der Waals surface area (Å²) < 4.78 is 5.05. The second-order valence-electron chi connectivity index (χ2n) is 3.08. The molecule has 0 aliphatic rings. The molecular formula is C10H14N2O2. The quantitative estimate of drug-likeness (QED) is 0.692. The van der Waals surface area contributed by atoms with Gasteiger partial charge in [-0.25, -0.2) is 0 Å². The van der Waals surface area contributed by atoms with E-state index in [9.17, 15) is 4.79 Å². The number of nitrogen functional groups attached to an aromatic ring is 1. The molecule has 0 spiro atoms. The fourth-order valence-electron chi connectivity index (χ4n) is 1.22. The van der Waals surface area contributed by atoms with Crippen molar-refractivity contribution in [3.05, 3.63) is 23.8 Å². The Kier molecular flexibility index (Phi) is 3.34. The van der Waals surface area contributed by atoms with Crippen LogP contribution in [0.3, 0.4) is 0 Å². The van der Waals surface area contributed by atoms with E-state index in [2.05, 4.69) is 0 Å². The zero-order valence-corrected chi connectivity index (χ0v) is 8.12. The molecule has 0 bridgehead atoms. The SMILES string of the molecule is COc1cc(N)cc(CCC(N)=O)c1. The Bertz CT molecular complexity index is 337. The van der Waals surface area contributed by atoms with Crippen molar-refractivity contribution in [3.63, 3.8) is 0 Å². The maximum absolute atomic E-state index is 10.6. The maximum Gasteiger partial charge on any atom is 0.217 e. The van der Waals surface area contributed by atoms with Crippen LogP contribution in [0.15, 0.2) is 18.2 Å². The van der Waals surface area contributed by atoms with Crippen LogP contribution in [-0.2, 0) is 11.2 Å². The monoisotopic (exact) mass is 194 g/mol. The highest BCUT2D eigenvalue weighted by Gasteiger charge is 2.01. The van der Waals surface area contributed by atoms with E-state index in [1.54, 1.807) is 13.2 Å². The molecule has 0 unspecified atom stereocenters. The van der Waals surface area contributed by atoms with Crippen molar-refractivity contribution in [1.29, 1.82) is 0 Å². The Morgan fingerprint density at radius 3 is 2.71 bits per heavy atom. The Labute approximate surface area is 82.8 Å². The topological polar surface area (TPSA) is 78.3 Å². The van der Waals surface area contributed by atoms with E-state index in [4.69, 9.17) is 16.2 Å². The molecule has 0 saturated carbocycles. The van der Waals surface area contributed by atoms with E-state index in [-0.39, 0.29) is 5.91 Å². The Hall–Kier alpha value is -1.71. The number of hydrogen-bond acceptors (Lipinski definition) is 3. The molecule has 1 rings (SSSR count). The fraction of sp³-hybridized carbons (Fsp3) is 0.300. The summed E-state index contributed by atoms with van der Waals surface area (Å²) in [4.78, 5) is 10.6. The van der Waals surface area contributed by atoms with Crippen molar-refractivity contribution in [3.8, 4) is 5.75 Å². The molecule has 1 aromatic carbocycles. The Morgan fingerprint density at radius 2 is 2.14 bits per heavy atom. The smallest absolute Gasteiger partial charge is 0.217 e. The summed E-state index contributed by atoms with van der Waals surface area (Å²) in [5, 5.41) is 0. The molecular weight excluding hydrogens is 180 g/mol. The van der Waals surface area contributed by atoms with E-state index in [1.807, 2.05) is 12.1 Å². The minimum Gasteiger partial charge on any atom is -0.497 e. The molecule has 0 aliphatic heterocycles. The van der Waals surface area contributed by atoms with E-state index >= 15 is 0 Å². The molecule has 0 fully saturated rings. The zero-order chi connectivity index (χ0) is 10.6. The first-order chi connectivity index (χ1) is 6.61. The third kappa shape index (κ3) is 2.97. The summed E-state index contributed by atoms with van der Waals surface area (Å²) in [6, 6.07) is 5.39. The highest BCUT2D eigenvalue weighted by molar-refractivity contribution is 5.74. The summed E-state index contributed by atoms with van der Waals surface area (Å²) in [6.07, 6.45) is 0.920. The van der Waals surface area contributed by atoms with Crippen LogP contribution in [0.4, 0.5) is 5.69 Å². The van der Waals surface area contributed by atoms with Crippen LogP contribution in [0.25, 0.3) is 0 Å². The minimum atomic E-state index is -0.314. The van der Waals surface area contributed by atoms with Gasteiger partial charge < -0.3 is 16.2 Å². The lowest BCUT2D eigenvalue weighted by atomic mass is 10.1. The largest absolute Gasteiger partial charge is 0.497 e. The zero-order valence-electron chi connectivity index (χ0n) is 8.12. The van der Waals surface area contributed by atoms with Gasteiger partial charge in [-0.05, 0) is 24.1 Å². The van der Waals surface area contributed by atoms with Gasteiger partial charge in [-0.1, -0.05) is 0 Å². The Balaban J connectivity index is 2.76. The molecule has 0 atom stereocenters. The number of amides is 1. The van der Waals surface area contributed by atoms with Gasteiger partial charge in [0.05, 0.1) is 7.11 Å². The van der Waals surface area contributed by atoms with Gasteiger partial charge in [-0.2, -0.15) is 0 Å². The van der Waals surface area contributed by atoms with E-state index in [0.717, 1.165) is 5.56 Å². The summed E-state index contributed by atoms with van der Waals surface area (Å²) in [5.41, 5.74) is 12.3. The number of nitrogens with two attached hydrogens (primary N) is 2. The second-order valence-corrected chi connectivity index (χ2v) is 3.08. The number of carbonyl (C=O) groups is 1. The van der Waals surface area contributed by atoms with E-state index < -0.39 is 0 Å². The minimum absolute atomic E-state index is 0.314. The van der Waals surface area contributed by atoms with Crippen LogP contribution in [0.1, 0.15) is 12.0 Å². The van der Waals surface area contributed by atoms with Crippen LogP contribution in [0, 0.1) is 0 Å². The van der Waals surface area contributed by atoms with Gasteiger partial charge in [0.1, 0.15) is 5.75 Å². The second kappa shape index (κ2) is 4.50. The molecule has 4 N–H and O–H groups in total. The normalized spacial score (nSPS) is 9.79. The van der Waals surface area contributed by atoms with Crippen LogP contribution in [-0.4, -0.2) is 13.0 Å². The highest BCUT2D eigenvalue weighted by Crippen LogP contribution is 2.19. The van der Waals surface area contributed by atoms with Crippen molar-refractivity contribution in [2.24, 2.45) is 5.73 Å². The predicted octanol–water partition coefficient (Wildman–Crippen LogP) is 0.695. The molecule has 4 nitrogen and oxygen atoms in total. The third-order valence-electron chi connectivity index (χ3n) is 1.88. The summed E-state index contributed by atoms with van der Waals surface area (Å²) in [6.45, 7) is 0. The number of methoxy groups -OCH3 is 1. The molecule has 14 heavy (non-hydrogen) atoms. The summed E-state index contributed by atoms with van der Waals surface area (Å²) in [7, 11) is 1.58.